The number of nitrogens with two attached hydrogens (primary N) is 1. The van der Waals surface area contributed by atoms with E-state index in [9.17, 15) is 4.79 Å². The number of primary amides is 1. The van der Waals surface area contributed by atoms with Gasteiger partial charge in [-0.1, -0.05) is 13.8 Å². The Morgan fingerprint density at radius 2 is 2.27 bits per heavy atom. The molecular weight excluding hydrogens is 144 g/mol. The molecule has 1 amide bonds. The van der Waals surface area contributed by atoms with E-state index in [1.807, 2.05) is 0 Å². The van der Waals surface area contributed by atoms with Crippen LogP contribution in [0.1, 0.15) is 20.3 Å². The molecule has 0 spiro atoms. The fourth-order valence-electron chi connectivity index (χ4n) is 0.472. The molecule has 66 valence electrons. The summed E-state index contributed by atoms with van der Waals surface area (Å²) in [5, 5.41) is 0. The Kier molecular flexibility index (Phi) is 5.78. The van der Waals surface area contributed by atoms with Crippen LogP contribution in [0.3, 0.4) is 0 Å². The molecule has 0 heterocycles. The Morgan fingerprint density at radius 3 is 2.73 bits per heavy atom. The topological polar surface area (TPSA) is 64.3 Å². The molecular formula is C7H16N2O2. The number of hydrogen-bond acceptors (Lipinski definition) is 3. The van der Waals surface area contributed by atoms with Crippen molar-refractivity contribution in [2.45, 2.75) is 20.3 Å². The lowest BCUT2D eigenvalue weighted by molar-refractivity contribution is -0.118. The highest BCUT2D eigenvalue weighted by atomic mass is 16.6. The van der Waals surface area contributed by atoms with Gasteiger partial charge in [-0.2, -0.15) is 0 Å². The van der Waals surface area contributed by atoms with E-state index in [1.54, 1.807) is 0 Å². The van der Waals surface area contributed by atoms with Gasteiger partial charge in [-0.3, -0.25) is 4.79 Å². The molecule has 0 bridgehead atoms. The summed E-state index contributed by atoms with van der Waals surface area (Å²) in [6.07, 6.45) is 0.318. The zero-order valence-electron chi connectivity index (χ0n) is 7.09. The number of nitrogens with one attached hydrogen (secondary N) is 1. The van der Waals surface area contributed by atoms with Crippen LogP contribution < -0.4 is 11.2 Å². The summed E-state index contributed by atoms with van der Waals surface area (Å²) in [6, 6.07) is 0. The smallest absolute Gasteiger partial charge is 0.218 e. The maximum Gasteiger partial charge on any atom is 0.218 e. The van der Waals surface area contributed by atoms with Gasteiger partial charge in [0.25, 0.3) is 0 Å². The lowest BCUT2D eigenvalue weighted by Gasteiger charge is -2.06. The predicted molar refractivity (Wildman–Crippen MR) is 42.6 cm³/mol. The molecule has 0 aliphatic heterocycles. The van der Waals surface area contributed by atoms with Gasteiger partial charge in [-0.05, 0) is 5.92 Å². The predicted octanol–water partition coefficient (Wildman–Crippen LogP) is 0.0390. The number of hydrogen-bond donors (Lipinski definition) is 2. The second kappa shape index (κ2) is 6.12. The van der Waals surface area contributed by atoms with Crippen molar-refractivity contribution in [1.29, 1.82) is 0 Å². The summed E-state index contributed by atoms with van der Waals surface area (Å²) in [5.74, 6) is 0.182. The fraction of sp³-hybridized carbons (Fsp3) is 0.857. The van der Waals surface area contributed by atoms with E-state index in [0.29, 0.717) is 25.5 Å². The van der Waals surface area contributed by atoms with Crippen molar-refractivity contribution in [3.05, 3.63) is 0 Å². The van der Waals surface area contributed by atoms with Gasteiger partial charge in [0.05, 0.1) is 6.61 Å². The minimum atomic E-state index is -0.314. The summed E-state index contributed by atoms with van der Waals surface area (Å²) in [7, 11) is 0. The van der Waals surface area contributed by atoms with Gasteiger partial charge in [0.15, 0.2) is 0 Å². The number of rotatable bonds is 6. The largest absolute Gasteiger partial charge is 0.370 e. The van der Waals surface area contributed by atoms with Gasteiger partial charge in [-0.15, -0.1) is 0 Å². The molecule has 0 fully saturated rings. The first-order chi connectivity index (χ1) is 5.13. The molecule has 0 aromatic carbocycles. The van der Waals surface area contributed by atoms with Crippen molar-refractivity contribution in [1.82, 2.24) is 5.48 Å². The number of carbonyl (C=O) groups excluding carboxylic acids is 1. The Morgan fingerprint density at radius 1 is 1.64 bits per heavy atom. The molecule has 11 heavy (non-hydrogen) atoms. The Bertz CT molecular complexity index is 115. The molecule has 0 aromatic heterocycles. The molecule has 0 unspecified atom stereocenters. The Balaban J connectivity index is 2.97. The second-order valence-electron chi connectivity index (χ2n) is 2.82. The summed E-state index contributed by atoms with van der Waals surface area (Å²) in [6.45, 7) is 5.24. The average molecular weight is 160 g/mol. The van der Waals surface area contributed by atoms with Crippen LogP contribution in [0.2, 0.25) is 0 Å². The highest BCUT2D eigenvalue weighted by molar-refractivity contribution is 5.73. The lowest BCUT2D eigenvalue weighted by Crippen LogP contribution is -2.23. The van der Waals surface area contributed by atoms with E-state index in [1.165, 1.54) is 0 Å². The van der Waals surface area contributed by atoms with Gasteiger partial charge in [0, 0.05) is 13.0 Å². The first-order valence-corrected chi connectivity index (χ1v) is 3.76. The summed E-state index contributed by atoms with van der Waals surface area (Å²) in [4.78, 5) is 15.2. The third-order valence-corrected chi connectivity index (χ3v) is 0.992. The summed E-state index contributed by atoms with van der Waals surface area (Å²) >= 11 is 0. The van der Waals surface area contributed by atoms with Gasteiger partial charge < -0.3 is 10.6 Å². The zero-order valence-corrected chi connectivity index (χ0v) is 7.09. The van der Waals surface area contributed by atoms with Crippen LogP contribution in [-0.2, 0) is 9.63 Å². The minimum Gasteiger partial charge on any atom is -0.370 e. The first-order valence-electron chi connectivity index (χ1n) is 3.76. The third-order valence-electron chi connectivity index (χ3n) is 0.992. The first kappa shape index (κ1) is 10.4. The Hall–Kier alpha value is -0.610. The normalized spacial score (nSPS) is 10.5. The molecule has 0 radical (unpaired) electrons. The van der Waals surface area contributed by atoms with Crippen LogP contribution in [0.4, 0.5) is 0 Å². The lowest BCUT2D eigenvalue weighted by atomic mass is 10.2. The van der Waals surface area contributed by atoms with Crippen LogP contribution in [0.25, 0.3) is 0 Å². The molecule has 4 heteroatoms. The molecule has 0 saturated heterocycles. The standard InChI is InChI=1S/C7H16N2O2/c1-6(2)5-11-9-4-3-7(8)10/h6,9H,3-5H2,1-2H3,(H2,8,10). The Labute approximate surface area is 67.0 Å². The van der Waals surface area contributed by atoms with E-state index in [2.05, 4.69) is 19.3 Å². The molecule has 0 saturated carbocycles. The monoisotopic (exact) mass is 160 g/mol. The van der Waals surface area contributed by atoms with Crippen molar-refractivity contribution < 1.29 is 9.63 Å². The van der Waals surface area contributed by atoms with Crippen molar-refractivity contribution in [3.8, 4) is 0 Å². The SMILES string of the molecule is CC(C)CONCCC(N)=O. The van der Waals surface area contributed by atoms with Gasteiger partial charge in [0.2, 0.25) is 5.91 Å². The maximum atomic E-state index is 10.2. The molecule has 0 atom stereocenters. The van der Waals surface area contributed by atoms with Crippen molar-refractivity contribution in [2.75, 3.05) is 13.2 Å². The highest BCUT2D eigenvalue weighted by Gasteiger charge is 1.94. The quantitative estimate of drug-likeness (QED) is 0.426. The van der Waals surface area contributed by atoms with Crippen molar-refractivity contribution in [3.63, 3.8) is 0 Å². The highest BCUT2D eigenvalue weighted by Crippen LogP contribution is 1.89. The van der Waals surface area contributed by atoms with Gasteiger partial charge in [0.1, 0.15) is 0 Å². The van der Waals surface area contributed by atoms with Gasteiger partial charge in [-0.25, -0.2) is 5.48 Å². The molecule has 0 aromatic rings. The van der Waals surface area contributed by atoms with Crippen LogP contribution in [-0.4, -0.2) is 19.1 Å². The molecule has 0 rings (SSSR count). The number of hydroxylamine groups is 1. The van der Waals surface area contributed by atoms with Crippen molar-refractivity contribution in [2.24, 2.45) is 11.7 Å². The number of carbonyl (C=O) groups is 1. The van der Waals surface area contributed by atoms with E-state index >= 15 is 0 Å². The van der Waals surface area contributed by atoms with E-state index in [4.69, 9.17) is 10.6 Å². The van der Waals surface area contributed by atoms with E-state index in [0.717, 1.165) is 0 Å². The second-order valence-corrected chi connectivity index (χ2v) is 2.82. The van der Waals surface area contributed by atoms with Crippen LogP contribution in [0.15, 0.2) is 0 Å². The minimum absolute atomic E-state index is 0.314. The van der Waals surface area contributed by atoms with E-state index < -0.39 is 0 Å². The molecule has 3 N–H and O–H groups in total. The van der Waals surface area contributed by atoms with E-state index in [-0.39, 0.29) is 5.91 Å². The number of amides is 1. The van der Waals surface area contributed by atoms with Crippen LogP contribution in [0, 0.1) is 5.92 Å². The fourth-order valence-corrected chi connectivity index (χ4v) is 0.472. The van der Waals surface area contributed by atoms with Crippen LogP contribution in [0.5, 0.6) is 0 Å². The zero-order chi connectivity index (χ0) is 8.69. The molecule has 0 aliphatic rings. The summed E-state index contributed by atoms with van der Waals surface area (Å²) < 4.78 is 0. The molecule has 4 nitrogen and oxygen atoms in total. The average Bonchev–Trinajstić information content (AvgIpc) is 1.85. The van der Waals surface area contributed by atoms with Gasteiger partial charge >= 0.3 is 0 Å². The third kappa shape index (κ3) is 9.39. The molecule has 0 aliphatic carbocycles. The van der Waals surface area contributed by atoms with Crippen molar-refractivity contribution >= 4 is 5.91 Å². The maximum absolute atomic E-state index is 10.2. The summed E-state index contributed by atoms with van der Waals surface area (Å²) in [5.41, 5.74) is 7.55. The van der Waals surface area contributed by atoms with Crippen LogP contribution >= 0.6 is 0 Å².